The van der Waals surface area contributed by atoms with Crippen LogP contribution in [0, 0.1) is 0 Å². The molecule has 0 aliphatic heterocycles. The van der Waals surface area contributed by atoms with E-state index < -0.39 is 17.9 Å². The summed E-state index contributed by atoms with van der Waals surface area (Å²) in [7, 11) is 0. The summed E-state index contributed by atoms with van der Waals surface area (Å²) >= 11 is 0. The lowest BCUT2D eigenvalue weighted by atomic mass is 9.94. The Morgan fingerprint density at radius 2 is 1.79 bits per heavy atom. The molecule has 2 N–H and O–H groups in total. The first-order chi connectivity index (χ1) is 16.6. The lowest BCUT2D eigenvalue weighted by molar-refractivity contribution is -0.127. The number of hydrogen-bond acceptors (Lipinski definition) is 6. The second-order valence-electron chi connectivity index (χ2n) is 8.16. The molecule has 3 heterocycles. The van der Waals surface area contributed by atoms with Gasteiger partial charge >= 0.3 is 0 Å². The number of nitrogens with zero attached hydrogens (tertiary/aromatic N) is 3. The number of furan rings is 1. The van der Waals surface area contributed by atoms with Crippen molar-refractivity contribution >= 4 is 23.4 Å². The van der Waals surface area contributed by atoms with Gasteiger partial charge in [0.15, 0.2) is 5.76 Å². The summed E-state index contributed by atoms with van der Waals surface area (Å²) in [6, 6.07) is 9.04. The zero-order valence-corrected chi connectivity index (χ0v) is 18.7. The maximum Gasteiger partial charge on any atom is 0.287 e. The molecular formula is C25H27N5O4. The number of amides is 3. The average molecular weight is 462 g/mol. The molecule has 0 aromatic carbocycles. The number of aromatic nitrogens is 2. The van der Waals surface area contributed by atoms with Crippen molar-refractivity contribution in [3.05, 3.63) is 78.8 Å². The Hall–Kier alpha value is -4.01. The largest absolute Gasteiger partial charge is 0.459 e. The van der Waals surface area contributed by atoms with Gasteiger partial charge in [0.25, 0.3) is 5.91 Å². The van der Waals surface area contributed by atoms with E-state index in [1.165, 1.54) is 23.4 Å². The molecular weight excluding hydrogens is 434 g/mol. The summed E-state index contributed by atoms with van der Waals surface area (Å²) in [4.78, 5) is 49.0. The molecule has 1 unspecified atom stereocenters. The number of carbonyl (C=O) groups excluding carboxylic acids is 3. The fourth-order valence-electron chi connectivity index (χ4n) is 4.16. The normalized spacial score (nSPS) is 14.7. The van der Waals surface area contributed by atoms with Crippen molar-refractivity contribution in [2.75, 3.05) is 11.4 Å². The highest BCUT2D eigenvalue weighted by atomic mass is 16.3. The van der Waals surface area contributed by atoms with E-state index in [4.69, 9.17) is 4.42 Å². The minimum Gasteiger partial charge on any atom is -0.459 e. The van der Waals surface area contributed by atoms with E-state index in [9.17, 15) is 14.4 Å². The quantitative estimate of drug-likeness (QED) is 0.533. The minimum atomic E-state index is -0.956. The monoisotopic (exact) mass is 461 g/mol. The Morgan fingerprint density at radius 1 is 1.00 bits per heavy atom. The molecule has 4 rings (SSSR count). The van der Waals surface area contributed by atoms with Crippen LogP contribution in [0.15, 0.2) is 71.9 Å². The summed E-state index contributed by atoms with van der Waals surface area (Å²) in [5, 5.41) is 5.71. The van der Waals surface area contributed by atoms with Crippen LogP contribution in [-0.2, 0) is 9.59 Å². The molecule has 9 heteroatoms. The topological polar surface area (TPSA) is 117 Å². The van der Waals surface area contributed by atoms with Gasteiger partial charge in [-0.2, -0.15) is 0 Å². The van der Waals surface area contributed by atoms with Crippen LogP contribution in [0.25, 0.3) is 0 Å². The third-order valence-corrected chi connectivity index (χ3v) is 5.82. The van der Waals surface area contributed by atoms with Crippen LogP contribution in [0.5, 0.6) is 0 Å². The molecule has 1 atom stereocenters. The molecule has 9 nitrogen and oxygen atoms in total. The zero-order chi connectivity index (χ0) is 23.8. The Morgan fingerprint density at radius 3 is 2.47 bits per heavy atom. The molecule has 3 aromatic rings. The average Bonchev–Trinajstić information content (AvgIpc) is 3.42. The number of pyridine rings is 2. The molecule has 3 aromatic heterocycles. The highest BCUT2D eigenvalue weighted by Gasteiger charge is 2.34. The fourth-order valence-corrected chi connectivity index (χ4v) is 4.16. The van der Waals surface area contributed by atoms with E-state index in [1.807, 2.05) is 0 Å². The lowest BCUT2D eigenvalue weighted by Crippen LogP contribution is -2.49. The summed E-state index contributed by atoms with van der Waals surface area (Å²) in [6.45, 7) is -0.327. The van der Waals surface area contributed by atoms with Crippen LogP contribution in [0.2, 0.25) is 0 Å². The Labute approximate surface area is 197 Å². The van der Waals surface area contributed by atoms with Crippen LogP contribution in [0.3, 0.4) is 0 Å². The zero-order valence-electron chi connectivity index (χ0n) is 18.7. The van der Waals surface area contributed by atoms with E-state index in [-0.39, 0.29) is 24.3 Å². The summed E-state index contributed by atoms with van der Waals surface area (Å²) in [6.07, 6.45) is 12.8. The standard InChI is InChI=1S/C25H27N5O4/c31-22(17-28-24(32)21-9-5-15-34-21)30(20-8-4-12-27-16-20)23(18-10-13-26-14-11-18)25(33)29-19-6-2-1-3-7-19/h4-5,8-16,19,23H,1-3,6-7,17H2,(H,28,32)(H,29,33). The van der Waals surface area contributed by atoms with E-state index in [0.717, 1.165) is 32.1 Å². The number of nitrogens with one attached hydrogen (secondary N) is 2. The van der Waals surface area contributed by atoms with Crippen LogP contribution in [0.1, 0.15) is 54.3 Å². The van der Waals surface area contributed by atoms with Gasteiger partial charge in [-0.1, -0.05) is 19.3 Å². The van der Waals surface area contributed by atoms with Crippen molar-refractivity contribution in [3.63, 3.8) is 0 Å². The van der Waals surface area contributed by atoms with Gasteiger partial charge in [0.1, 0.15) is 6.04 Å². The smallest absolute Gasteiger partial charge is 0.287 e. The molecule has 3 amide bonds. The van der Waals surface area contributed by atoms with E-state index in [0.29, 0.717) is 11.3 Å². The fraction of sp³-hybridized carbons (Fsp3) is 0.320. The summed E-state index contributed by atoms with van der Waals surface area (Å²) in [5.41, 5.74) is 1.05. The molecule has 1 fully saturated rings. The highest BCUT2D eigenvalue weighted by molar-refractivity contribution is 6.04. The summed E-state index contributed by atoms with van der Waals surface area (Å²) in [5.74, 6) is -1.17. The van der Waals surface area contributed by atoms with Gasteiger partial charge in [-0.05, 0) is 54.8 Å². The first-order valence-electron chi connectivity index (χ1n) is 11.4. The van der Waals surface area contributed by atoms with Gasteiger partial charge in [0, 0.05) is 24.6 Å². The minimum absolute atomic E-state index is 0.0649. The van der Waals surface area contributed by atoms with Gasteiger partial charge < -0.3 is 15.1 Å². The Kier molecular flexibility index (Phi) is 7.64. The van der Waals surface area contributed by atoms with Gasteiger partial charge in [-0.25, -0.2) is 0 Å². The summed E-state index contributed by atoms with van der Waals surface area (Å²) < 4.78 is 5.09. The first kappa shape index (κ1) is 23.2. The van der Waals surface area contributed by atoms with E-state index >= 15 is 0 Å². The molecule has 0 radical (unpaired) electrons. The Bertz CT molecular complexity index is 1080. The van der Waals surface area contributed by atoms with Crippen LogP contribution in [0.4, 0.5) is 5.69 Å². The second-order valence-corrected chi connectivity index (χ2v) is 8.16. The number of hydrogen-bond donors (Lipinski definition) is 2. The highest BCUT2D eigenvalue weighted by Crippen LogP contribution is 2.28. The van der Waals surface area contributed by atoms with Crippen LogP contribution in [-0.4, -0.2) is 40.3 Å². The van der Waals surface area contributed by atoms with Crippen molar-refractivity contribution in [1.29, 1.82) is 0 Å². The molecule has 0 bridgehead atoms. The lowest BCUT2D eigenvalue weighted by Gasteiger charge is -2.33. The van der Waals surface area contributed by atoms with Gasteiger partial charge in [-0.15, -0.1) is 0 Å². The molecule has 0 spiro atoms. The van der Waals surface area contributed by atoms with Crippen molar-refractivity contribution < 1.29 is 18.8 Å². The van der Waals surface area contributed by atoms with Gasteiger partial charge in [-0.3, -0.25) is 29.3 Å². The van der Waals surface area contributed by atoms with Gasteiger partial charge in [0.05, 0.1) is 24.7 Å². The van der Waals surface area contributed by atoms with E-state index in [1.54, 1.807) is 48.9 Å². The van der Waals surface area contributed by atoms with Crippen LogP contribution < -0.4 is 15.5 Å². The molecule has 0 saturated heterocycles. The SMILES string of the molecule is O=C(NCC(=O)N(c1cccnc1)C(C(=O)NC1CCCCC1)c1ccncc1)c1ccco1. The maximum absolute atomic E-state index is 13.6. The van der Waals surface area contributed by atoms with E-state index in [2.05, 4.69) is 20.6 Å². The Balaban J connectivity index is 1.63. The molecule has 34 heavy (non-hydrogen) atoms. The van der Waals surface area contributed by atoms with Crippen molar-refractivity contribution in [3.8, 4) is 0 Å². The number of anilines is 1. The first-order valence-corrected chi connectivity index (χ1v) is 11.4. The number of carbonyl (C=O) groups is 3. The second kappa shape index (κ2) is 11.2. The van der Waals surface area contributed by atoms with Crippen molar-refractivity contribution in [2.24, 2.45) is 0 Å². The predicted molar refractivity (Wildman–Crippen MR) is 125 cm³/mol. The van der Waals surface area contributed by atoms with Crippen molar-refractivity contribution in [2.45, 2.75) is 44.2 Å². The third-order valence-electron chi connectivity index (χ3n) is 5.82. The predicted octanol–water partition coefficient (Wildman–Crippen LogP) is 3.02. The maximum atomic E-state index is 13.6. The number of rotatable bonds is 8. The molecule has 1 aliphatic rings. The van der Waals surface area contributed by atoms with Crippen molar-refractivity contribution in [1.82, 2.24) is 20.6 Å². The molecule has 1 saturated carbocycles. The van der Waals surface area contributed by atoms with Crippen LogP contribution >= 0.6 is 0 Å². The molecule has 1 aliphatic carbocycles. The van der Waals surface area contributed by atoms with Gasteiger partial charge in [0.2, 0.25) is 11.8 Å². The molecule has 176 valence electrons. The third kappa shape index (κ3) is 5.67.